The number of ether oxygens (including phenoxy) is 2. The van der Waals surface area contributed by atoms with Gasteiger partial charge in [-0.05, 0) is 37.6 Å². The van der Waals surface area contributed by atoms with Gasteiger partial charge in [-0.3, -0.25) is 0 Å². The summed E-state index contributed by atoms with van der Waals surface area (Å²) in [7, 11) is 1.54. The lowest BCUT2D eigenvalue weighted by molar-refractivity contribution is 0.0473. The van der Waals surface area contributed by atoms with Crippen LogP contribution in [0, 0.1) is 13.8 Å². The third-order valence-electron chi connectivity index (χ3n) is 4.01. The first kappa shape index (κ1) is 16.8. The quantitative estimate of drug-likeness (QED) is 0.535. The van der Waals surface area contributed by atoms with Crippen LogP contribution in [0.5, 0.6) is 5.75 Å². The van der Waals surface area contributed by atoms with Crippen molar-refractivity contribution >= 4 is 16.9 Å². The van der Waals surface area contributed by atoms with E-state index in [4.69, 9.17) is 13.9 Å². The smallest absolute Gasteiger partial charge is 0.338 e. The van der Waals surface area contributed by atoms with Crippen molar-refractivity contribution in [3.05, 3.63) is 75.1 Å². The Morgan fingerprint density at radius 2 is 1.88 bits per heavy atom. The van der Waals surface area contributed by atoms with Gasteiger partial charge in [-0.15, -0.1) is 0 Å². The third kappa shape index (κ3) is 3.55. The van der Waals surface area contributed by atoms with Crippen molar-refractivity contribution in [1.29, 1.82) is 0 Å². The molecule has 0 unspecified atom stereocenters. The monoisotopic (exact) mass is 338 g/mol. The fourth-order valence-corrected chi connectivity index (χ4v) is 2.63. The molecule has 128 valence electrons. The van der Waals surface area contributed by atoms with Gasteiger partial charge in [0.25, 0.3) is 0 Å². The Kier molecular flexibility index (Phi) is 4.57. The molecule has 0 saturated heterocycles. The molecule has 0 aliphatic heterocycles. The van der Waals surface area contributed by atoms with E-state index < -0.39 is 11.6 Å². The van der Waals surface area contributed by atoms with Gasteiger partial charge in [-0.25, -0.2) is 9.59 Å². The summed E-state index contributed by atoms with van der Waals surface area (Å²) in [5.41, 5.74) is 2.83. The van der Waals surface area contributed by atoms with Gasteiger partial charge in [0.1, 0.15) is 17.9 Å². The Bertz CT molecular complexity index is 1000. The predicted octanol–water partition coefficient (Wildman–Crippen LogP) is 3.78. The van der Waals surface area contributed by atoms with Gasteiger partial charge in [0.2, 0.25) is 0 Å². The molecule has 2 aromatic carbocycles. The Morgan fingerprint density at radius 3 is 2.64 bits per heavy atom. The predicted molar refractivity (Wildman–Crippen MR) is 94.1 cm³/mol. The molecule has 0 aliphatic rings. The third-order valence-corrected chi connectivity index (χ3v) is 4.01. The average molecular weight is 338 g/mol. The number of carbonyl (C=O) groups is 1. The molecule has 0 amide bonds. The molecular formula is C20H18O5. The minimum atomic E-state index is -0.501. The van der Waals surface area contributed by atoms with Crippen molar-refractivity contribution in [3.63, 3.8) is 0 Å². The van der Waals surface area contributed by atoms with E-state index >= 15 is 0 Å². The van der Waals surface area contributed by atoms with Crippen molar-refractivity contribution in [3.8, 4) is 5.75 Å². The van der Waals surface area contributed by atoms with E-state index in [1.165, 1.54) is 13.2 Å². The largest absolute Gasteiger partial charge is 0.497 e. The highest BCUT2D eigenvalue weighted by Crippen LogP contribution is 2.23. The molecule has 0 radical (unpaired) electrons. The standard InChI is InChI=1S/C20H18O5/c1-12-4-5-13(2)17(8-12)20(22)24-11-14-9-19(21)25-18-10-15(23-3)6-7-16(14)18/h4-10H,11H2,1-3H3. The van der Waals surface area contributed by atoms with Gasteiger partial charge < -0.3 is 13.9 Å². The molecule has 0 atom stereocenters. The Labute approximate surface area is 144 Å². The normalized spacial score (nSPS) is 10.7. The fourth-order valence-electron chi connectivity index (χ4n) is 2.63. The van der Waals surface area contributed by atoms with E-state index in [0.29, 0.717) is 27.8 Å². The molecule has 0 bridgehead atoms. The number of hydrogen-bond acceptors (Lipinski definition) is 5. The number of carbonyl (C=O) groups excluding carboxylic acids is 1. The SMILES string of the molecule is COc1ccc2c(COC(=O)c3cc(C)ccc3C)cc(=O)oc2c1. The first-order valence-corrected chi connectivity index (χ1v) is 7.83. The van der Waals surface area contributed by atoms with Gasteiger partial charge in [0.05, 0.1) is 12.7 Å². The maximum atomic E-state index is 12.4. The van der Waals surface area contributed by atoms with Crippen molar-refractivity contribution in [2.45, 2.75) is 20.5 Å². The van der Waals surface area contributed by atoms with Crippen LogP contribution >= 0.6 is 0 Å². The first-order valence-electron chi connectivity index (χ1n) is 7.83. The number of benzene rings is 2. The van der Waals surface area contributed by atoms with Crippen LogP contribution in [-0.2, 0) is 11.3 Å². The second-order valence-corrected chi connectivity index (χ2v) is 5.85. The second kappa shape index (κ2) is 6.81. The molecule has 0 fully saturated rings. The molecule has 25 heavy (non-hydrogen) atoms. The minimum Gasteiger partial charge on any atom is -0.497 e. The maximum absolute atomic E-state index is 12.4. The van der Waals surface area contributed by atoms with Gasteiger partial charge >= 0.3 is 11.6 Å². The molecule has 0 aliphatic carbocycles. The van der Waals surface area contributed by atoms with Crippen LogP contribution in [0.1, 0.15) is 27.0 Å². The first-order chi connectivity index (χ1) is 12.0. The number of esters is 1. The van der Waals surface area contributed by atoms with E-state index in [9.17, 15) is 9.59 Å². The molecule has 3 aromatic rings. The van der Waals surface area contributed by atoms with E-state index in [-0.39, 0.29) is 6.61 Å². The van der Waals surface area contributed by atoms with Crippen molar-refractivity contribution in [1.82, 2.24) is 0 Å². The maximum Gasteiger partial charge on any atom is 0.338 e. The van der Waals surface area contributed by atoms with Gasteiger partial charge in [-0.2, -0.15) is 0 Å². The summed E-state index contributed by atoms with van der Waals surface area (Å²) in [5.74, 6) is 0.163. The second-order valence-electron chi connectivity index (χ2n) is 5.85. The zero-order valence-electron chi connectivity index (χ0n) is 14.3. The molecule has 0 N–H and O–H groups in total. The van der Waals surface area contributed by atoms with E-state index in [2.05, 4.69) is 0 Å². The van der Waals surface area contributed by atoms with Crippen LogP contribution in [0.15, 0.2) is 51.7 Å². The summed E-state index contributed by atoms with van der Waals surface area (Å²) < 4.78 is 15.7. The highest BCUT2D eigenvalue weighted by Gasteiger charge is 2.13. The Balaban J connectivity index is 1.89. The Morgan fingerprint density at radius 1 is 1.08 bits per heavy atom. The summed E-state index contributed by atoms with van der Waals surface area (Å²) in [5, 5.41) is 0.703. The van der Waals surface area contributed by atoms with E-state index in [0.717, 1.165) is 11.1 Å². The molecule has 5 heteroatoms. The fraction of sp³-hybridized carbons (Fsp3) is 0.200. The van der Waals surface area contributed by atoms with Crippen LogP contribution in [0.2, 0.25) is 0 Å². The van der Waals surface area contributed by atoms with Gasteiger partial charge in [0.15, 0.2) is 0 Å². The zero-order chi connectivity index (χ0) is 18.0. The van der Waals surface area contributed by atoms with E-state index in [1.54, 1.807) is 24.3 Å². The summed E-state index contributed by atoms with van der Waals surface area (Å²) >= 11 is 0. The average Bonchev–Trinajstić information content (AvgIpc) is 2.60. The Hall–Kier alpha value is -3.08. The van der Waals surface area contributed by atoms with Crippen LogP contribution in [-0.4, -0.2) is 13.1 Å². The van der Waals surface area contributed by atoms with Crippen LogP contribution in [0.25, 0.3) is 11.0 Å². The van der Waals surface area contributed by atoms with Crippen molar-refractivity contribution < 1.29 is 18.7 Å². The van der Waals surface area contributed by atoms with Crippen LogP contribution in [0.4, 0.5) is 0 Å². The minimum absolute atomic E-state index is 0.0132. The van der Waals surface area contributed by atoms with Crippen LogP contribution in [0.3, 0.4) is 0 Å². The van der Waals surface area contributed by atoms with Crippen molar-refractivity contribution in [2.24, 2.45) is 0 Å². The zero-order valence-corrected chi connectivity index (χ0v) is 14.3. The molecule has 1 heterocycles. The van der Waals surface area contributed by atoms with Gasteiger partial charge in [0, 0.05) is 23.1 Å². The number of methoxy groups -OCH3 is 1. The molecule has 5 nitrogen and oxygen atoms in total. The lowest BCUT2D eigenvalue weighted by Gasteiger charge is -2.10. The summed E-state index contributed by atoms with van der Waals surface area (Å²) in [6.07, 6.45) is 0. The topological polar surface area (TPSA) is 65.7 Å². The number of aryl methyl sites for hydroxylation is 2. The number of fused-ring (bicyclic) bond motifs is 1. The van der Waals surface area contributed by atoms with Crippen LogP contribution < -0.4 is 10.4 Å². The summed E-state index contributed by atoms with van der Waals surface area (Å²) in [4.78, 5) is 24.1. The number of hydrogen-bond donors (Lipinski definition) is 0. The molecule has 0 spiro atoms. The molecule has 0 saturated carbocycles. The lowest BCUT2D eigenvalue weighted by atomic mass is 10.1. The molecule has 1 aromatic heterocycles. The highest BCUT2D eigenvalue weighted by molar-refractivity contribution is 5.91. The highest BCUT2D eigenvalue weighted by atomic mass is 16.5. The lowest BCUT2D eigenvalue weighted by Crippen LogP contribution is -2.09. The van der Waals surface area contributed by atoms with Gasteiger partial charge in [-0.1, -0.05) is 17.7 Å². The molecule has 3 rings (SSSR count). The number of rotatable bonds is 4. The van der Waals surface area contributed by atoms with E-state index in [1.807, 2.05) is 26.0 Å². The summed E-state index contributed by atoms with van der Waals surface area (Å²) in [6, 6.07) is 12.1. The van der Waals surface area contributed by atoms with Crippen molar-refractivity contribution in [2.75, 3.05) is 7.11 Å². The summed E-state index contributed by atoms with van der Waals surface area (Å²) in [6.45, 7) is 3.76. The molecular weight excluding hydrogens is 320 g/mol.